The van der Waals surface area contributed by atoms with Crippen LogP contribution in [-0.4, -0.2) is 40.3 Å². The third kappa shape index (κ3) is 5.13. The number of hydrogen-bond donors (Lipinski definition) is 1. The van der Waals surface area contributed by atoms with Gasteiger partial charge in [-0.3, -0.25) is 4.79 Å². The van der Waals surface area contributed by atoms with Crippen molar-refractivity contribution in [2.75, 3.05) is 44.6 Å². The van der Waals surface area contributed by atoms with Crippen LogP contribution in [0.3, 0.4) is 0 Å². The molecule has 1 saturated heterocycles. The summed E-state index contributed by atoms with van der Waals surface area (Å²) in [6.45, 7) is 2.22. The molecule has 0 radical (unpaired) electrons. The van der Waals surface area contributed by atoms with Crippen molar-refractivity contribution in [2.45, 2.75) is 32.1 Å². The Labute approximate surface area is 172 Å². The van der Waals surface area contributed by atoms with E-state index in [1.165, 1.54) is 24.9 Å². The van der Waals surface area contributed by atoms with Crippen LogP contribution in [0.1, 0.15) is 31.2 Å². The number of methoxy groups -OCH3 is 3. The van der Waals surface area contributed by atoms with Crippen LogP contribution in [0.15, 0.2) is 36.4 Å². The van der Waals surface area contributed by atoms with Gasteiger partial charge >= 0.3 is 0 Å². The second-order valence-electron chi connectivity index (χ2n) is 7.14. The summed E-state index contributed by atoms with van der Waals surface area (Å²) in [5, 5.41) is 2.98. The number of benzene rings is 2. The van der Waals surface area contributed by atoms with Crippen molar-refractivity contribution in [2.24, 2.45) is 0 Å². The average Bonchev–Trinajstić information content (AvgIpc) is 2.77. The maximum absolute atomic E-state index is 12.4. The maximum Gasteiger partial charge on any atom is 0.224 e. The molecule has 2 aromatic carbocycles. The number of rotatable bonds is 8. The minimum Gasteiger partial charge on any atom is -0.493 e. The molecule has 0 saturated carbocycles. The van der Waals surface area contributed by atoms with Gasteiger partial charge in [-0.05, 0) is 61.6 Å². The fourth-order valence-electron chi connectivity index (χ4n) is 3.74. The van der Waals surface area contributed by atoms with Crippen LogP contribution >= 0.6 is 0 Å². The number of hydrogen-bond acceptors (Lipinski definition) is 5. The number of nitrogens with zero attached hydrogens (tertiary/aromatic N) is 1. The normalized spacial score (nSPS) is 13.7. The summed E-state index contributed by atoms with van der Waals surface area (Å²) in [7, 11) is 4.75. The molecule has 1 amide bonds. The molecule has 1 N–H and O–H groups in total. The summed E-state index contributed by atoms with van der Waals surface area (Å²) in [5.41, 5.74) is 2.94. The van der Waals surface area contributed by atoms with Crippen molar-refractivity contribution < 1.29 is 19.0 Å². The van der Waals surface area contributed by atoms with Gasteiger partial charge in [-0.15, -0.1) is 0 Å². The van der Waals surface area contributed by atoms with Gasteiger partial charge in [0.2, 0.25) is 11.7 Å². The molecule has 0 atom stereocenters. The topological polar surface area (TPSA) is 60.0 Å². The predicted molar refractivity (Wildman–Crippen MR) is 116 cm³/mol. The van der Waals surface area contributed by atoms with Gasteiger partial charge in [-0.1, -0.05) is 6.07 Å². The van der Waals surface area contributed by atoms with Gasteiger partial charge in [0.1, 0.15) is 0 Å². The lowest BCUT2D eigenvalue weighted by Gasteiger charge is -2.28. The van der Waals surface area contributed by atoms with Crippen molar-refractivity contribution >= 4 is 17.3 Å². The van der Waals surface area contributed by atoms with Gasteiger partial charge < -0.3 is 24.4 Å². The van der Waals surface area contributed by atoms with Gasteiger partial charge in [0, 0.05) is 30.9 Å². The Balaban J connectivity index is 1.58. The Hall–Kier alpha value is -2.89. The molecule has 6 heteroatoms. The molecule has 1 aliphatic rings. The summed E-state index contributed by atoms with van der Waals surface area (Å²) < 4.78 is 16.2. The van der Waals surface area contributed by atoms with Gasteiger partial charge in [0.25, 0.3) is 0 Å². The van der Waals surface area contributed by atoms with E-state index in [1.54, 1.807) is 21.3 Å². The SMILES string of the molecule is COc1ccc(CCC(=O)Nc2ccc(N3CCCCC3)cc2)c(OC)c1OC. The highest BCUT2D eigenvalue weighted by Gasteiger charge is 2.17. The molecule has 0 aromatic heterocycles. The van der Waals surface area contributed by atoms with E-state index in [2.05, 4.69) is 22.3 Å². The third-order valence-electron chi connectivity index (χ3n) is 5.28. The number of nitrogens with one attached hydrogen (secondary N) is 1. The second kappa shape index (κ2) is 10.0. The summed E-state index contributed by atoms with van der Waals surface area (Å²) in [6.07, 6.45) is 4.70. The Morgan fingerprint density at radius 1 is 0.897 bits per heavy atom. The molecular formula is C23H30N2O4. The van der Waals surface area contributed by atoms with Crippen LogP contribution < -0.4 is 24.4 Å². The van der Waals surface area contributed by atoms with Crippen LogP contribution in [0.2, 0.25) is 0 Å². The highest BCUT2D eigenvalue weighted by molar-refractivity contribution is 5.91. The average molecular weight is 399 g/mol. The first kappa shape index (κ1) is 20.8. The molecule has 29 heavy (non-hydrogen) atoms. The van der Waals surface area contributed by atoms with Gasteiger partial charge in [-0.2, -0.15) is 0 Å². The van der Waals surface area contributed by atoms with Gasteiger partial charge in [0.05, 0.1) is 21.3 Å². The molecule has 156 valence electrons. The van der Waals surface area contributed by atoms with Crippen LogP contribution in [0, 0.1) is 0 Å². The zero-order valence-corrected chi connectivity index (χ0v) is 17.5. The molecule has 1 heterocycles. The molecule has 1 fully saturated rings. The number of carbonyl (C=O) groups excluding carboxylic acids is 1. The maximum atomic E-state index is 12.4. The van der Waals surface area contributed by atoms with E-state index < -0.39 is 0 Å². The predicted octanol–water partition coefficient (Wildman–Crippen LogP) is 4.27. The third-order valence-corrected chi connectivity index (χ3v) is 5.28. The molecule has 2 aromatic rings. The first-order valence-electron chi connectivity index (χ1n) is 10.1. The lowest BCUT2D eigenvalue weighted by molar-refractivity contribution is -0.116. The Kier molecular flexibility index (Phi) is 7.22. The second-order valence-corrected chi connectivity index (χ2v) is 7.14. The van der Waals surface area contributed by atoms with E-state index in [0.717, 1.165) is 24.3 Å². The van der Waals surface area contributed by atoms with Crippen molar-refractivity contribution in [3.8, 4) is 17.2 Å². The van der Waals surface area contributed by atoms with E-state index in [1.807, 2.05) is 24.3 Å². The standard InChI is InChI=1S/C23H30N2O4/c1-27-20-13-7-17(22(28-2)23(20)29-3)8-14-21(26)24-18-9-11-19(12-10-18)25-15-5-4-6-16-25/h7,9-13H,4-6,8,14-16H2,1-3H3,(H,24,26). The Morgan fingerprint density at radius 3 is 2.21 bits per heavy atom. The Morgan fingerprint density at radius 2 is 1.59 bits per heavy atom. The summed E-state index contributed by atoms with van der Waals surface area (Å²) in [6, 6.07) is 11.8. The lowest BCUT2D eigenvalue weighted by atomic mass is 10.1. The van der Waals surface area contributed by atoms with Crippen molar-refractivity contribution in [3.63, 3.8) is 0 Å². The minimum atomic E-state index is -0.0347. The number of carbonyl (C=O) groups is 1. The molecule has 0 spiro atoms. The number of piperidine rings is 1. The highest BCUT2D eigenvalue weighted by atomic mass is 16.5. The first-order valence-corrected chi connectivity index (χ1v) is 10.1. The number of amides is 1. The molecule has 3 rings (SSSR count). The first-order chi connectivity index (χ1) is 14.2. The van der Waals surface area contributed by atoms with E-state index >= 15 is 0 Å². The van der Waals surface area contributed by atoms with Crippen LogP contribution in [0.5, 0.6) is 17.2 Å². The summed E-state index contributed by atoms with van der Waals surface area (Å²) >= 11 is 0. The van der Waals surface area contributed by atoms with Gasteiger partial charge in [0.15, 0.2) is 11.5 Å². The number of ether oxygens (including phenoxy) is 3. The lowest BCUT2D eigenvalue weighted by Crippen LogP contribution is -2.29. The quantitative estimate of drug-likeness (QED) is 0.719. The summed E-state index contributed by atoms with van der Waals surface area (Å²) in [4.78, 5) is 14.8. The summed E-state index contributed by atoms with van der Waals surface area (Å²) in [5.74, 6) is 1.71. The van der Waals surface area contributed by atoms with Gasteiger partial charge in [-0.25, -0.2) is 0 Å². The molecular weight excluding hydrogens is 368 g/mol. The fraction of sp³-hybridized carbons (Fsp3) is 0.435. The van der Waals surface area contributed by atoms with E-state index in [9.17, 15) is 4.79 Å². The van der Waals surface area contributed by atoms with Crippen LogP contribution in [-0.2, 0) is 11.2 Å². The highest BCUT2D eigenvalue weighted by Crippen LogP contribution is 2.40. The van der Waals surface area contributed by atoms with Crippen molar-refractivity contribution in [1.82, 2.24) is 0 Å². The molecule has 0 bridgehead atoms. The molecule has 1 aliphatic heterocycles. The van der Waals surface area contributed by atoms with E-state index in [4.69, 9.17) is 14.2 Å². The monoisotopic (exact) mass is 398 g/mol. The van der Waals surface area contributed by atoms with Crippen molar-refractivity contribution in [1.29, 1.82) is 0 Å². The van der Waals surface area contributed by atoms with E-state index in [-0.39, 0.29) is 5.91 Å². The van der Waals surface area contributed by atoms with Crippen LogP contribution in [0.25, 0.3) is 0 Å². The number of anilines is 2. The molecule has 0 aliphatic carbocycles. The fourth-order valence-corrected chi connectivity index (χ4v) is 3.74. The zero-order chi connectivity index (χ0) is 20.6. The Bertz CT molecular complexity index is 814. The van der Waals surface area contributed by atoms with Crippen LogP contribution in [0.4, 0.5) is 11.4 Å². The zero-order valence-electron chi connectivity index (χ0n) is 17.5. The molecule has 0 unspecified atom stereocenters. The number of aryl methyl sites for hydroxylation is 1. The largest absolute Gasteiger partial charge is 0.493 e. The molecule has 6 nitrogen and oxygen atoms in total. The smallest absolute Gasteiger partial charge is 0.224 e. The van der Waals surface area contributed by atoms with E-state index in [0.29, 0.717) is 30.1 Å². The van der Waals surface area contributed by atoms with Crippen molar-refractivity contribution in [3.05, 3.63) is 42.0 Å². The minimum absolute atomic E-state index is 0.0347.